The van der Waals surface area contributed by atoms with Crippen LogP contribution >= 0.6 is 0 Å². The number of esters is 1. The molecule has 1 aromatic carbocycles. The predicted octanol–water partition coefficient (Wildman–Crippen LogP) is 6.19. The van der Waals surface area contributed by atoms with Crippen molar-refractivity contribution >= 4 is 12.0 Å². The minimum Gasteiger partial charge on any atom is -0.465 e. The first kappa shape index (κ1) is 25.8. The number of carbonyl (C=O) groups is 1. The van der Waals surface area contributed by atoms with Crippen LogP contribution in [0, 0.1) is 16.7 Å². The molecule has 1 aromatic rings. The number of benzene rings is 1. The molecule has 0 saturated carbocycles. The molecule has 1 heterocycles. The Morgan fingerprint density at radius 2 is 2.09 bits per heavy atom. The van der Waals surface area contributed by atoms with Crippen molar-refractivity contribution in [3.05, 3.63) is 53.1 Å². The highest BCUT2D eigenvalue weighted by molar-refractivity contribution is 5.75. The van der Waals surface area contributed by atoms with E-state index in [4.69, 9.17) is 19.5 Å². The van der Waals surface area contributed by atoms with Gasteiger partial charge in [-0.05, 0) is 78.0 Å². The molecule has 174 valence electrons. The molecule has 0 N–H and O–H groups in total. The summed E-state index contributed by atoms with van der Waals surface area (Å²) in [4.78, 5) is 12.1. The van der Waals surface area contributed by atoms with Crippen LogP contribution in [0.5, 0.6) is 0 Å². The highest BCUT2D eigenvalue weighted by atomic mass is 16.7. The number of hydrogen-bond acceptors (Lipinski definition) is 5. The Morgan fingerprint density at radius 1 is 1.31 bits per heavy atom. The van der Waals surface area contributed by atoms with Crippen LogP contribution in [0.1, 0.15) is 77.8 Å². The van der Waals surface area contributed by atoms with Crippen LogP contribution in [0.3, 0.4) is 0 Å². The average Bonchev–Trinajstić information content (AvgIpc) is 3.08. The van der Waals surface area contributed by atoms with E-state index in [9.17, 15) is 4.79 Å². The number of hydrogen-bond donors (Lipinski definition) is 0. The smallest absolute Gasteiger partial charge is 0.311 e. The minimum absolute atomic E-state index is 0.179. The Labute approximate surface area is 193 Å². The van der Waals surface area contributed by atoms with Gasteiger partial charge in [0.15, 0.2) is 5.79 Å². The molecule has 1 fully saturated rings. The molecule has 1 aliphatic heterocycles. The zero-order valence-corrected chi connectivity index (χ0v) is 20.1. The van der Waals surface area contributed by atoms with Crippen LogP contribution < -0.4 is 0 Å². The van der Waals surface area contributed by atoms with Gasteiger partial charge in [-0.2, -0.15) is 5.26 Å². The molecule has 0 aliphatic carbocycles. The molecule has 1 saturated heterocycles. The summed E-state index contributed by atoms with van der Waals surface area (Å²) in [7, 11) is 0. The van der Waals surface area contributed by atoms with E-state index >= 15 is 0 Å². The van der Waals surface area contributed by atoms with Gasteiger partial charge in [0.25, 0.3) is 0 Å². The summed E-state index contributed by atoms with van der Waals surface area (Å²) >= 11 is 0. The molecule has 0 bridgehead atoms. The van der Waals surface area contributed by atoms with Gasteiger partial charge in [0, 0.05) is 6.42 Å². The maximum atomic E-state index is 12.1. The Bertz CT molecular complexity index is 855. The molecule has 0 amide bonds. The predicted molar refractivity (Wildman–Crippen MR) is 127 cm³/mol. The second-order valence-electron chi connectivity index (χ2n) is 9.73. The van der Waals surface area contributed by atoms with E-state index < -0.39 is 11.2 Å². The van der Waals surface area contributed by atoms with Gasteiger partial charge in [-0.1, -0.05) is 35.9 Å². The molecular weight excluding hydrogens is 402 g/mol. The Hall–Kier alpha value is -2.42. The van der Waals surface area contributed by atoms with E-state index in [1.54, 1.807) is 6.07 Å². The molecule has 1 aliphatic rings. The van der Waals surface area contributed by atoms with Crippen molar-refractivity contribution in [3.8, 4) is 6.07 Å². The quantitative estimate of drug-likeness (QED) is 0.247. The van der Waals surface area contributed by atoms with Crippen molar-refractivity contribution in [1.82, 2.24) is 0 Å². The molecule has 0 spiro atoms. The number of rotatable bonds is 10. The molecule has 1 unspecified atom stereocenters. The fourth-order valence-electron chi connectivity index (χ4n) is 3.38. The van der Waals surface area contributed by atoms with E-state index in [2.05, 4.69) is 24.3 Å². The van der Waals surface area contributed by atoms with Crippen LogP contribution in [0.4, 0.5) is 0 Å². The Balaban J connectivity index is 1.89. The first-order chi connectivity index (χ1) is 15.1. The summed E-state index contributed by atoms with van der Waals surface area (Å²) in [6, 6.07) is 9.71. The van der Waals surface area contributed by atoms with Gasteiger partial charge in [0.2, 0.25) is 0 Å². The lowest BCUT2D eigenvalue weighted by Gasteiger charge is -2.17. The van der Waals surface area contributed by atoms with E-state index in [0.717, 1.165) is 36.8 Å². The number of nitriles is 1. The molecule has 0 radical (unpaired) electrons. The van der Waals surface area contributed by atoms with Crippen molar-refractivity contribution < 1.29 is 19.0 Å². The minimum atomic E-state index is -0.506. The lowest BCUT2D eigenvalue weighted by atomic mass is 9.97. The first-order valence-electron chi connectivity index (χ1n) is 11.4. The molecule has 32 heavy (non-hydrogen) atoms. The summed E-state index contributed by atoms with van der Waals surface area (Å²) in [6.45, 7) is 10.5. The maximum Gasteiger partial charge on any atom is 0.311 e. The third-order valence-corrected chi connectivity index (χ3v) is 5.17. The largest absolute Gasteiger partial charge is 0.465 e. The van der Waals surface area contributed by atoms with Gasteiger partial charge in [0.1, 0.15) is 0 Å². The number of allylic oxidation sites excluding steroid dienone is 2. The fraction of sp³-hybridized carbons (Fsp3) is 0.556. The maximum absolute atomic E-state index is 12.1. The summed E-state index contributed by atoms with van der Waals surface area (Å²) in [5.41, 5.74) is 2.27. The summed E-state index contributed by atoms with van der Waals surface area (Å²) < 4.78 is 16.9. The van der Waals surface area contributed by atoms with E-state index in [0.29, 0.717) is 25.2 Å². The highest BCUT2D eigenvalue weighted by Crippen LogP contribution is 2.25. The van der Waals surface area contributed by atoms with Gasteiger partial charge in [0.05, 0.1) is 36.4 Å². The lowest BCUT2D eigenvalue weighted by Crippen LogP contribution is -2.23. The second-order valence-corrected chi connectivity index (χ2v) is 9.73. The number of carbonyl (C=O) groups excluding carboxylic acids is 1. The molecular formula is C27H37NO4. The van der Waals surface area contributed by atoms with Crippen LogP contribution in [-0.4, -0.2) is 31.1 Å². The van der Waals surface area contributed by atoms with Crippen molar-refractivity contribution in [2.75, 3.05) is 13.2 Å². The van der Waals surface area contributed by atoms with E-state index in [-0.39, 0.29) is 12.1 Å². The normalized spacial score (nSPS) is 18.6. The monoisotopic (exact) mass is 439 g/mol. The molecule has 1 atom stereocenters. The second kappa shape index (κ2) is 12.0. The first-order valence-corrected chi connectivity index (χ1v) is 11.4. The zero-order chi connectivity index (χ0) is 23.6. The number of ether oxygens (including phenoxy) is 3. The summed E-state index contributed by atoms with van der Waals surface area (Å²) in [6.07, 6.45) is 11.1. The van der Waals surface area contributed by atoms with Gasteiger partial charge in [-0.3, -0.25) is 4.79 Å². The standard InChI is InChI=1S/C27H37NO4/c1-26(2,3)25(29)30-16-15-21(17-22-12-10-13-23(18-22)19-28)11-8-6-7-9-14-24-20-31-27(4,5)32-24/h6,8,10,12-13,17-18,24H,7,9,11,14-16,20H2,1-5H3/b8-6+,21-17-. The van der Waals surface area contributed by atoms with Gasteiger partial charge < -0.3 is 14.2 Å². The van der Waals surface area contributed by atoms with Gasteiger partial charge in [-0.25, -0.2) is 0 Å². The SMILES string of the molecule is CC1(C)OCC(CCC/C=C/C/C(=C/c2cccc(C#N)c2)CCOC(=O)C(C)(C)C)O1. The van der Waals surface area contributed by atoms with Crippen molar-refractivity contribution in [2.24, 2.45) is 5.41 Å². The van der Waals surface area contributed by atoms with Gasteiger partial charge >= 0.3 is 5.97 Å². The zero-order valence-electron chi connectivity index (χ0n) is 20.1. The van der Waals surface area contributed by atoms with Crippen LogP contribution in [0.25, 0.3) is 6.08 Å². The summed E-state index contributed by atoms with van der Waals surface area (Å²) in [5, 5.41) is 9.15. The number of nitrogens with zero attached hydrogens (tertiary/aromatic N) is 1. The Kier molecular flexibility index (Phi) is 9.68. The Morgan fingerprint density at radius 3 is 2.75 bits per heavy atom. The molecule has 5 nitrogen and oxygen atoms in total. The highest BCUT2D eigenvalue weighted by Gasteiger charge is 2.31. The lowest BCUT2D eigenvalue weighted by molar-refractivity contribution is -0.152. The van der Waals surface area contributed by atoms with Crippen LogP contribution in [0.15, 0.2) is 42.0 Å². The summed E-state index contributed by atoms with van der Waals surface area (Å²) in [5.74, 6) is -0.653. The van der Waals surface area contributed by atoms with Crippen molar-refractivity contribution in [3.63, 3.8) is 0 Å². The fourth-order valence-corrected chi connectivity index (χ4v) is 3.38. The van der Waals surface area contributed by atoms with Crippen LogP contribution in [-0.2, 0) is 19.0 Å². The van der Waals surface area contributed by atoms with Gasteiger partial charge in [-0.15, -0.1) is 0 Å². The third-order valence-electron chi connectivity index (χ3n) is 5.17. The molecule has 5 heteroatoms. The molecule has 2 rings (SSSR count). The average molecular weight is 440 g/mol. The van der Waals surface area contributed by atoms with E-state index in [1.807, 2.05) is 52.8 Å². The topological polar surface area (TPSA) is 68.5 Å². The van der Waals surface area contributed by atoms with Crippen molar-refractivity contribution in [2.45, 2.75) is 78.6 Å². The van der Waals surface area contributed by atoms with Crippen molar-refractivity contribution in [1.29, 1.82) is 5.26 Å². The molecule has 0 aromatic heterocycles. The third kappa shape index (κ3) is 9.38. The van der Waals surface area contributed by atoms with Crippen LogP contribution in [0.2, 0.25) is 0 Å². The number of unbranched alkanes of at least 4 members (excludes halogenated alkanes) is 1. The van der Waals surface area contributed by atoms with E-state index in [1.165, 1.54) is 0 Å².